The van der Waals surface area contributed by atoms with Gasteiger partial charge in [-0.2, -0.15) is 0 Å². The third-order valence-corrected chi connectivity index (χ3v) is 8.56. The lowest BCUT2D eigenvalue weighted by atomic mass is 9.97. The summed E-state index contributed by atoms with van der Waals surface area (Å²) in [5.74, 6) is 0.0251. The van der Waals surface area contributed by atoms with Crippen molar-refractivity contribution < 1.29 is 4.79 Å². The Balaban J connectivity index is 1.48. The monoisotopic (exact) mass is 539 g/mol. The smallest absolute Gasteiger partial charge is 0.263 e. The fraction of sp³-hybridized carbons (Fsp3) is 0.240. The van der Waals surface area contributed by atoms with E-state index >= 15 is 0 Å². The molecule has 168 valence electrons. The van der Waals surface area contributed by atoms with Gasteiger partial charge in [-0.3, -0.25) is 14.2 Å². The van der Waals surface area contributed by atoms with Crippen molar-refractivity contribution in [2.75, 3.05) is 11.1 Å². The molecule has 5 nitrogen and oxygen atoms in total. The maximum absolute atomic E-state index is 13.7. The van der Waals surface area contributed by atoms with Crippen molar-refractivity contribution in [1.82, 2.24) is 9.55 Å². The number of carbonyl (C=O) groups excluding carboxylic acids is 1. The highest BCUT2D eigenvalue weighted by Gasteiger charge is 2.22. The quantitative estimate of drug-likeness (QED) is 0.245. The second-order valence-corrected chi connectivity index (χ2v) is 10.9. The number of thiophene rings is 1. The molecular weight excluding hydrogens is 518 g/mol. The number of anilines is 1. The van der Waals surface area contributed by atoms with Crippen LogP contribution in [0.2, 0.25) is 0 Å². The molecule has 0 radical (unpaired) electrons. The fourth-order valence-corrected chi connectivity index (χ4v) is 6.60. The van der Waals surface area contributed by atoms with Crippen molar-refractivity contribution >= 4 is 60.8 Å². The molecule has 4 aromatic rings. The molecule has 0 saturated carbocycles. The first kappa shape index (κ1) is 22.4. The number of amides is 1. The molecular formula is C25H22BrN3O2S2. The Morgan fingerprint density at radius 3 is 2.67 bits per heavy atom. The zero-order chi connectivity index (χ0) is 22.8. The SMILES string of the molecule is O=C(CSc1nc2sc3c(c2c(=O)n1Cc1ccccc1)CCCC3)Nc1ccccc1Br. The van der Waals surface area contributed by atoms with Crippen LogP contribution in [0.4, 0.5) is 5.69 Å². The molecule has 0 fully saturated rings. The predicted octanol–water partition coefficient (Wildman–Crippen LogP) is 5.88. The minimum absolute atomic E-state index is 0.00281. The van der Waals surface area contributed by atoms with Crippen LogP contribution in [0, 0.1) is 0 Å². The summed E-state index contributed by atoms with van der Waals surface area (Å²) >= 11 is 6.40. The summed E-state index contributed by atoms with van der Waals surface area (Å²) in [6, 6.07) is 17.4. The van der Waals surface area contributed by atoms with Gasteiger partial charge in [-0.15, -0.1) is 11.3 Å². The van der Waals surface area contributed by atoms with E-state index in [0.29, 0.717) is 11.7 Å². The van der Waals surface area contributed by atoms with Crippen LogP contribution >= 0.6 is 39.0 Å². The Morgan fingerprint density at radius 2 is 1.85 bits per heavy atom. The van der Waals surface area contributed by atoms with Gasteiger partial charge in [0.2, 0.25) is 5.91 Å². The molecule has 1 aliphatic rings. The van der Waals surface area contributed by atoms with Crippen molar-refractivity contribution in [2.45, 2.75) is 37.4 Å². The molecule has 1 amide bonds. The third-order valence-electron chi connectivity index (χ3n) is 5.70. The van der Waals surface area contributed by atoms with E-state index in [1.54, 1.807) is 15.9 Å². The van der Waals surface area contributed by atoms with E-state index in [1.165, 1.54) is 22.2 Å². The fourth-order valence-electron chi connectivity index (χ4n) is 4.11. The maximum Gasteiger partial charge on any atom is 0.263 e. The number of aryl methyl sites for hydroxylation is 2. The maximum atomic E-state index is 13.7. The summed E-state index contributed by atoms with van der Waals surface area (Å²) < 4.78 is 2.56. The van der Waals surface area contributed by atoms with E-state index in [-0.39, 0.29) is 17.2 Å². The average molecular weight is 541 g/mol. The highest BCUT2D eigenvalue weighted by molar-refractivity contribution is 9.10. The molecule has 33 heavy (non-hydrogen) atoms. The summed E-state index contributed by atoms with van der Waals surface area (Å²) in [6.07, 6.45) is 4.24. The molecule has 0 aliphatic heterocycles. The third kappa shape index (κ3) is 4.78. The number of halogens is 1. The van der Waals surface area contributed by atoms with Crippen LogP contribution in [0.25, 0.3) is 10.2 Å². The van der Waals surface area contributed by atoms with Gasteiger partial charge in [-0.25, -0.2) is 4.98 Å². The number of thioether (sulfide) groups is 1. The van der Waals surface area contributed by atoms with Gasteiger partial charge in [-0.05, 0) is 64.9 Å². The lowest BCUT2D eigenvalue weighted by Gasteiger charge is -2.14. The number of aromatic nitrogens is 2. The molecule has 1 aliphatic carbocycles. The molecule has 1 N–H and O–H groups in total. The molecule has 5 rings (SSSR count). The number of nitrogens with one attached hydrogen (secondary N) is 1. The van der Waals surface area contributed by atoms with Crippen LogP contribution in [0.3, 0.4) is 0 Å². The normalized spacial score (nSPS) is 13.1. The predicted molar refractivity (Wildman–Crippen MR) is 140 cm³/mol. The molecule has 2 heterocycles. The topological polar surface area (TPSA) is 64.0 Å². The number of hydrogen-bond donors (Lipinski definition) is 1. The number of carbonyl (C=O) groups is 1. The van der Waals surface area contributed by atoms with Crippen LogP contribution in [-0.2, 0) is 24.2 Å². The van der Waals surface area contributed by atoms with E-state index < -0.39 is 0 Å². The van der Waals surface area contributed by atoms with E-state index in [0.717, 1.165) is 51.6 Å². The highest BCUT2D eigenvalue weighted by Crippen LogP contribution is 2.35. The lowest BCUT2D eigenvalue weighted by Crippen LogP contribution is -2.25. The number of nitrogens with zero attached hydrogens (tertiary/aromatic N) is 2. The lowest BCUT2D eigenvalue weighted by molar-refractivity contribution is -0.113. The van der Waals surface area contributed by atoms with Gasteiger partial charge >= 0.3 is 0 Å². The number of fused-ring (bicyclic) bond motifs is 3. The van der Waals surface area contributed by atoms with Gasteiger partial charge < -0.3 is 5.32 Å². The Bertz CT molecular complexity index is 1380. The first-order chi connectivity index (χ1) is 16.1. The standard InChI is InChI=1S/C25H22BrN3O2S2/c26-18-11-5-6-12-19(18)27-21(30)15-32-25-28-23-22(17-10-4-7-13-20(17)33-23)24(31)29(25)14-16-8-2-1-3-9-16/h1-3,5-6,8-9,11-12H,4,7,10,13-15H2,(H,27,30). The summed E-state index contributed by atoms with van der Waals surface area (Å²) in [7, 11) is 0. The Hall–Kier alpha value is -2.42. The van der Waals surface area contributed by atoms with Gasteiger partial charge in [0.15, 0.2) is 5.16 Å². The van der Waals surface area contributed by atoms with Crippen LogP contribution in [0.15, 0.2) is 69.0 Å². The second kappa shape index (κ2) is 9.83. The number of benzene rings is 2. The summed E-state index contributed by atoms with van der Waals surface area (Å²) in [4.78, 5) is 33.3. The zero-order valence-electron chi connectivity index (χ0n) is 17.8. The van der Waals surface area contributed by atoms with Crippen LogP contribution in [0.5, 0.6) is 0 Å². The molecule has 0 atom stereocenters. The minimum atomic E-state index is -0.141. The highest BCUT2D eigenvalue weighted by atomic mass is 79.9. The van der Waals surface area contributed by atoms with E-state index in [4.69, 9.17) is 4.98 Å². The van der Waals surface area contributed by atoms with E-state index in [1.807, 2.05) is 54.6 Å². The Kier molecular flexibility index (Phi) is 6.66. The van der Waals surface area contributed by atoms with E-state index in [9.17, 15) is 9.59 Å². The summed E-state index contributed by atoms with van der Waals surface area (Å²) in [5, 5.41) is 4.27. The second-order valence-electron chi connectivity index (χ2n) is 7.98. The molecule has 2 aromatic carbocycles. The average Bonchev–Trinajstić information content (AvgIpc) is 3.20. The minimum Gasteiger partial charge on any atom is -0.324 e. The van der Waals surface area contributed by atoms with Gasteiger partial charge in [0.05, 0.1) is 23.4 Å². The Morgan fingerprint density at radius 1 is 1.09 bits per heavy atom. The summed E-state index contributed by atoms with van der Waals surface area (Å²) in [5.41, 5.74) is 2.93. The Labute approximate surface area is 208 Å². The van der Waals surface area contributed by atoms with Crippen molar-refractivity contribution in [2.24, 2.45) is 0 Å². The zero-order valence-corrected chi connectivity index (χ0v) is 21.1. The molecule has 0 spiro atoms. The molecule has 0 saturated heterocycles. The van der Waals surface area contributed by atoms with Crippen LogP contribution in [-0.4, -0.2) is 21.2 Å². The first-order valence-electron chi connectivity index (χ1n) is 10.9. The number of rotatable bonds is 6. The van der Waals surface area contributed by atoms with Gasteiger partial charge in [0, 0.05) is 9.35 Å². The van der Waals surface area contributed by atoms with Crippen molar-refractivity contribution in [3.05, 3.63) is 85.4 Å². The van der Waals surface area contributed by atoms with Crippen LogP contribution < -0.4 is 10.9 Å². The van der Waals surface area contributed by atoms with Gasteiger partial charge in [0.1, 0.15) is 4.83 Å². The van der Waals surface area contributed by atoms with E-state index in [2.05, 4.69) is 21.2 Å². The number of para-hydroxylation sites is 1. The van der Waals surface area contributed by atoms with Crippen molar-refractivity contribution in [3.8, 4) is 0 Å². The van der Waals surface area contributed by atoms with Gasteiger partial charge in [0.25, 0.3) is 5.56 Å². The summed E-state index contributed by atoms with van der Waals surface area (Å²) in [6.45, 7) is 0.432. The molecule has 2 aromatic heterocycles. The molecule has 0 unspecified atom stereocenters. The van der Waals surface area contributed by atoms with Crippen molar-refractivity contribution in [3.63, 3.8) is 0 Å². The first-order valence-corrected chi connectivity index (χ1v) is 13.5. The van der Waals surface area contributed by atoms with Crippen LogP contribution in [0.1, 0.15) is 28.8 Å². The largest absolute Gasteiger partial charge is 0.324 e. The van der Waals surface area contributed by atoms with Crippen molar-refractivity contribution in [1.29, 1.82) is 0 Å². The molecule has 8 heteroatoms. The molecule has 0 bridgehead atoms. The van der Waals surface area contributed by atoms with Gasteiger partial charge in [-0.1, -0.05) is 54.2 Å². The number of hydrogen-bond acceptors (Lipinski definition) is 5.